The molecule has 0 unspecified atom stereocenters. The smallest absolute Gasteiger partial charge is 0.264 e. The highest BCUT2D eigenvalue weighted by atomic mass is 79.9. The molecule has 1 aliphatic carbocycles. The third kappa shape index (κ3) is 4.17. The van der Waals surface area contributed by atoms with Crippen LogP contribution in [0.25, 0.3) is 0 Å². The highest BCUT2D eigenvalue weighted by Crippen LogP contribution is 2.27. The van der Waals surface area contributed by atoms with E-state index >= 15 is 0 Å². The summed E-state index contributed by atoms with van der Waals surface area (Å²) in [7, 11) is 0.926. The van der Waals surface area contributed by atoms with Gasteiger partial charge in [0.25, 0.3) is 15.0 Å². The highest BCUT2D eigenvalue weighted by Gasteiger charge is 2.25. The first-order valence-corrected chi connectivity index (χ1v) is 9.64. The minimum atomic E-state index is -4.26. The number of rotatable bonds is 3. The molecule has 0 saturated heterocycles. The van der Waals surface area contributed by atoms with E-state index in [9.17, 15) is 17.6 Å². The van der Waals surface area contributed by atoms with Gasteiger partial charge in [-0.3, -0.25) is 4.79 Å². The quantitative estimate of drug-likeness (QED) is 0.792. The molecular weight excluding hydrogens is 385 g/mol. The molecule has 1 aromatic carbocycles. The Hall–Kier alpha value is -0.660. The van der Waals surface area contributed by atoms with Gasteiger partial charge in [0.1, 0.15) is 4.90 Å². The first-order chi connectivity index (χ1) is 9.79. The molecule has 0 aromatic heterocycles. The molecule has 0 bridgehead atoms. The van der Waals surface area contributed by atoms with E-state index < -0.39 is 25.7 Å². The van der Waals surface area contributed by atoms with Gasteiger partial charge in [-0.2, -0.15) is 0 Å². The summed E-state index contributed by atoms with van der Waals surface area (Å²) in [5, 5.41) is 2.74. The normalized spacial score (nSPS) is 16.7. The highest BCUT2D eigenvalue weighted by molar-refractivity contribution is 9.10. The molecule has 1 fully saturated rings. The number of benzene rings is 1. The standard InChI is InChI=1S/C13H14BrClFNO3S/c14-8-6-10(12(16)11(7-8)21(15,19)20)13(18)17-9-4-2-1-3-5-9/h6-7,9H,1-5H2,(H,17,18). The van der Waals surface area contributed by atoms with Gasteiger partial charge in [-0.1, -0.05) is 35.2 Å². The summed E-state index contributed by atoms with van der Waals surface area (Å²) in [6, 6.07) is 2.29. The Morgan fingerprint density at radius 1 is 1.29 bits per heavy atom. The number of hydrogen-bond donors (Lipinski definition) is 1. The maximum absolute atomic E-state index is 14.2. The van der Waals surface area contributed by atoms with Crippen molar-refractivity contribution in [3.63, 3.8) is 0 Å². The van der Waals surface area contributed by atoms with E-state index in [4.69, 9.17) is 10.7 Å². The molecular formula is C13H14BrClFNO3S. The van der Waals surface area contributed by atoms with Crippen LogP contribution in [0.4, 0.5) is 4.39 Å². The van der Waals surface area contributed by atoms with Crippen molar-refractivity contribution in [1.82, 2.24) is 5.32 Å². The predicted molar refractivity (Wildman–Crippen MR) is 81.5 cm³/mol. The van der Waals surface area contributed by atoms with Crippen LogP contribution in [0, 0.1) is 5.82 Å². The van der Waals surface area contributed by atoms with E-state index in [0.717, 1.165) is 38.2 Å². The number of halogens is 3. The van der Waals surface area contributed by atoms with E-state index in [0.29, 0.717) is 0 Å². The van der Waals surface area contributed by atoms with Crippen LogP contribution in [0.2, 0.25) is 0 Å². The summed E-state index contributed by atoms with van der Waals surface area (Å²) in [6.07, 6.45) is 4.87. The SMILES string of the molecule is O=C(NC1CCCCC1)c1cc(Br)cc(S(=O)(=O)Cl)c1F. The van der Waals surface area contributed by atoms with Crippen LogP contribution in [-0.4, -0.2) is 20.4 Å². The van der Waals surface area contributed by atoms with Crippen molar-refractivity contribution in [2.75, 3.05) is 0 Å². The molecule has 0 spiro atoms. The largest absolute Gasteiger partial charge is 0.349 e. The summed E-state index contributed by atoms with van der Waals surface area (Å²) in [5.74, 6) is -1.75. The summed E-state index contributed by atoms with van der Waals surface area (Å²) < 4.78 is 37.2. The van der Waals surface area contributed by atoms with Gasteiger partial charge < -0.3 is 5.32 Å². The Balaban J connectivity index is 2.30. The van der Waals surface area contributed by atoms with Crippen LogP contribution in [0.15, 0.2) is 21.5 Å². The van der Waals surface area contributed by atoms with Gasteiger partial charge in [-0.25, -0.2) is 12.8 Å². The van der Waals surface area contributed by atoms with Gasteiger partial charge in [0.2, 0.25) is 0 Å². The molecule has 1 aromatic rings. The van der Waals surface area contributed by atoms with E-state index in [1.165, 1.54) is 6.07 Å². The molecule has 0 aliphatic heterocycles. The minimum absolute atomic E-state index is 0.000639. The van der Waals surface area contributed by atoms with E-state index in [-0.39, 0.29) is 16.1 Å². The molecule has 0 heterocycles. The fourth-order valence-corrected chi connectivity index (χ4v) is 3.95. The van der Waals surface area contributed by atoms with Crippen LogP contribution in [0.1, 0.15) is 42.5 Å². The van der Waals surface area contributed by atoms with Gasteiger partial charge in [0.15, 0.2) is 5.82 Å². The molecule has 116 valence electrons. The van der Waals surface area contributed by atoms with Gasteiger partial charge in [-0.05, 0) is 25.0 Å². The first-order valence-electron chi connectivity index (χ1n) is 6.53. The Kier molecular flexibility index (Phi) is 5.27. The fourth-order valence-electron chi connectivity index (χ4n) is 2.42. The second kappa shape index (κ2) is 6.62. The summed E-state index contributed by atoms with van der Waals surface area (Å²) in [5.41, 5.74) is -0.325. The number of carbonyl (C=O) groups is 1. The summed E-state index contributed by atoms with van der Waals surface area (Å²) >= 11 is 3.06. The number of nitrogens with one attached hydrogen (secondary N) is 1. The number of hydrogen-bond acceptors (Lipinski definition) is 3. The van der Waals surface area contributed by atoms with Crippen LogP contribution in [0.3, 0.4) is 0 Å². The zero-order chi connectivity index (χ0) is 15.6. The molecule has 1 amide bonds. The van der Waals surface area contributed by atoms with Crippen molar-refractivity contribution < 1.29 is 17.6 Å². The van der Waals surface area contributed by atoms with Crippen molar-refractivity contribution in [3.05, 3.63) is 28.0 Å². The second-order valence-electron chi connectivity index (χ2n) is 5.01. The lowest BCUT2D eigenvalue weighted by atomic mass is 9.95. The molecule has 0 atom stereocenters. The lowest BCUT2D eigenvalue weighted by Gasteiger charge is -2.23. The first kappa shape index (κ1) is 16.7. The molecule has 1 aliphatic rings. The Labute approximate surface area is 135 Å². The second-order valence-corrected chi connectivity index (χ2v) is 8.46. The van der Waals surface area contributed by atoms with E-state index in [1.54, 1.807) is 0 Å². The van der Waals surface area contributed by atoms with Crippen LogP contribution in [-0.2, 0) is 9.05 Å². The average Bonchev–Trinajstić information content (AvgIpc) is 2.40. The lowest BCUT2D eigenvalue weighted by Crippen LogP contribution is -2.36. The zero-order valence-corrected chi connectivity index (χ0v) is 14.2. The monoisotopic (exact) mass is 397 g/mol. The zero-order valence-electron chi connectivity index (χ0n) is 11.0. The van der Waals surface area contributed by atoms with E-state index in [1.807, 2.05) is 0 Å². The Morgan fingerprint density at radius 3 is 2.48 bits per heavy atom. The van der Waals surface area contributed by atoms with E-state index in [2.05, 4.69) is 21.2 Å². The van der Waals surface area contributed by atoms with Gasteiger partial charge in [-0.15, -0.1) is 0 Å². The molecule has 2 rings (SSSR count). The predicted octanol–water partition coefficient (Wildman–Crippen LogP) is 3.58. The van der Waals surface area contributed by atoms with Crippen LogP contribution < -0.4 is 5.32 Å². The van der Waals surface area contributed by atoms with Crippen molar-refractivity contribution in [2.45, 2.75) is 43.0 Å². The maximum Gasteiger partial charge on any atom is 0.264 e. The molecule has 0 radical (unpaired) electrons. The third-order valence-electron chi connectivity index (χ3n) is 3.45. The van der Waals surface area contributed by atoms with Gasteiger partial charge in [0.05, 0.1) is 5.56 Å². The summed E-state index contributed by atoms with van der Waals surface area (Å²) in [4.78, 5) is 11.5. The number of carbonyl (C=O) groups excluding carboxylic acids is 1. The van der Waals surface area contributed by atoms with Gasteiger partial charge in [0, 0.05) is 21.2 Å². The van der Waals surface area contributed by atoms with Crippen molar-refractivity contribution in [2.24, 2.45) is 0 Å². The van der Waals surface area contributed by atoms with Crippen LogP contribution in [0.5, 0.6) is 0 Å². The molecule has 21 heavy (non-hydrogen) atoms. The molecule has 1 N–H and O–H groups in total. The molecule has 1 saturated carbocycles. The number of amides is 1. The average molecular weight is 399 g/mol. The fraction of sp³-hybridized carbons (Fsp3) is 0.462. The Bertz CT molecular complexity index is 660. The van der Waals surface area contributed by atoms with Gasteiger partial charge >= 0.3 is 0 Å². The maximum atomic E-state index is 14.2. The van der Waals surface area contributed by atoms with Crippen molar-refractivity contribution >= 4 is 41.6 Å². The Morgan fingerprint density at radius 2 is 1.90 bits per heavy atom. The minimum Gasteiger partial charge on any atom is -0.349 e. The van der Waals surface area contributed by atoms with Crippen LogP contribution >= 0.6 is 26.6 Å². The van der Waals surface area contributed by atoms with Crippen molar-refractivity contribution in [1.29, 1.82) is 0 Å². The lowest BCUT2D eigenvalue weighted by molar-refractivity contribution is 0.0923. The topological polar surface area (TPSA) is 63.2 Å². The third-order valence-corrected chi connectivity index (χ3v) is 5.23. The molecule has 4 nitrogen and oxygen atoms in total. The molecule has 8 heteroatoms. The summed E-state index contributed by atoms with van der Waals surface area (Å²) in [6.45, 7) is 0. The van der Waals surface area contributed by atoms with Crippen molar-refractivity contribution in [3.8, 4) is 0 Å².